The van der Waals surface area contributed by atoms with Crippen molar-refractivity contribution < 1.29 is 9.90 Å². The molecule has 6 nitrogen and oxygen atoms in total. The molecule has 6 heteroatoms. The van der Waals surface area contributed by atoms with Gasteiger partial charge in [0.15, 0.2) is 0 Å². The number of aromatic carboxylic acids is 1. The Morgan fingerprint density at radius 3 is 2.93 bits per heavy atom. The monoisotopic (exact) mass is 193 g/mol. The van der Waals surface area contributed by atoms with Crippen LogP contribution in [0.3, 0.4) is 0 Å². The predicted molar refractivity (Wildman–Crippen MR) is 47.4 cm³/mol. The SMILES string of the molecule is Cn1cc(C(=O)O)n2cncc2c1=O. The van der Waals surface area contributed by atoms with Gasteiger partial charge in [-0.3, -0.25) is 9.20 Å². The number of imidazole rings is 1. The van der Waals surface area contributed by atoms with Crippen molar-refractivity contribution in [1.82, 2.24) is 14.0 Å². The van der Waals surface area contributed by atoms with Crippen LogP contribution in [0.5, 0.6) is 0 Å². The van der Waals surface area contributed by atoms with Gasteiger partial charge in [0.1, 0.15) is 17.5 Å². The van der Waals surface area contributed by atoms with Gasteiger partial charge in [0.25, 0.3) is 5.56 Å². The van der Waals surface area contributed by atoms with Crippen LogP contribution in [-0.2, 0) is 7.05 Å². The van der Waals surface area contributed by atoms with Gasteiger partial charge in [0, 0.05) is 13.2 Å². The molecule has 0 saturated heterocycles. The van der Waals surface area contributed by atoms with E-state index >= 15 is 0 Å². The van der Waals surface area contributed by atoms with Crippen LogP contribution in [0.15, 0.2) is 23.5 Å². The number of aryl methyl sites for hydroxylation is 1. The fourth-order valence-corrected chi connectivity index (χ4v) is 1.29. The van der Waals surface area contributed by atoms with Gasteiger partial charge in [-0.05, 0) is 0 Å². The normalized spacial score (nSPS) is 10.6. The van der Waals surface area contributed by atoms with E-state index in [1.165, 1.54) is 34.7 Å². The maximum Gasteiger partial charge on any atom is 0.354 e. The number of rotatable bonds is 1. The lowest BCUT2D eigenvalue weighted by atomic mass is 10.4. The molecule has 0 amide bonds. The van der Waals surface area contributed by atoms with Crippen molar-refractivity contribution in [2.75, 3.05) is 0 Å². The fraction of sp³-hybridized carbons (Fsp3) is 0.125. The Labute approximate surface area is 78.0 Å². The van der Waals surface area contributed by atoms with E-state index in [9.17, 15) is 9.59 Å². The first-order valence-electron chi connectivity index (χ1n) is 3.86. The van der Waals surface area contributed by atoms with Crippen molar-refractivity contribution in [2.24, 2.45) is 7.05 Å². The number of aromatic nitrogens is 3. The van der Waals surface area contributed by atoms with E-state index in [4.69, 9.17) is 5.11 Å². The highest BCUT2D eigenvalue weighted by Crippen LogP contribution is 2.01. The highest BCUT2D eigenvalue weighted by atomic mass is 16.4. The molecule has 2 heterocycles. The van der Waals surface area contributed by atoms with Crippen LogP contribution in [0.2, 0.25) is 0 Å². The minimum absolute atomic E-state index is 0.0135. The van der Waals surface area contributed by atoms with Crippen LogP contribution < -0.4 is 5.56 Å². The Hall–Kier alpha value is -2.11. The molecule has 2 aromatic rings. The first kappa shape index (κ1) is 8.49. The molecule has 0 radical (unpaired) electrons. The van der Waals surface area contributed by atoms with Crippen LogP contribution in [-0.4, -0.2) is 25.0 Å². The molecule has 2 aromatic heterocycles. The molecule has 0 spiro atoms. The molecule has 14 heavy (non-hydrogen) atoms. The average Bonchev–Trinajstić information content (AvgIpc) is 2.59. The highest BCUT2D eigenvalue weighted by molar-refractivity contribution is 5.86. The van der Waals surface area contributed by atoms with Gasteiger partial charge in [0.2, 0.25) is 0 Å². The molecule has 0 aromatic carbocycles. The molecule has 0 bridgehead atoms. The van der Waals surface area contributed by atoms with Crippen molar-refractivity contribution >= 4 is 11.5 Å². The molecular weight excluding hydrogens is 186 g/mol. The summed E-state index contributed by atoms with van der Waals surface area (Å²) in [5.41, 5.74) is -0.000463. The molecule has 0 aliphatic rings. The summed E-state index contributed by atoms with van der Waals surface area (Å²) in [6, 6.07) is 0. The summed E-state index contributed by atoms with van der Waals surface area (Å²) >= 11 is 0. The summed E-state index contributed by atoms with van der Waals surface area (Å²) in [5.74, 6) is -1.09. The van der Waals surface area contributed by atoms with Crippen molar-refractivity contribution in [3.63, 3.8) is 0 Å². The first-order chi connectivity index (χ1) is 6.61. The Morgan fingerprint density at radius 2 is 2.29 bits per heavy atom. The number of fused-ring (bicyclic) bond motifs is 1. The topological polar surface area (TPSA) is 76.6 Å². The fourth-order valence-electron chi connectivity index (χ4n) is 1.29. The number of carboxylic acid groups (broad SMARTS) is 1. The Kier molecular flexibility index (Phi) is 1.63. The number of hydrogen-bond donors (Lipinski definition) is 1. The second-order valence-corrected chi connectivity index (χ2v) is 2.88. The first-order valence-corrected chi connectivity index (χ1v) is 3.86. The Bertz CT molecular complexity index is 567. The van der Waals surface area contributed by atoms with E-state index < -0.39 is 5.97 Å². The second kappa shape index (κ2) is 2.69. The molecule has 1 N–H and O–H groups in total. The molecule has 0 aliphatic carbocycles. The quantitative estimate of drug-likeness (QED) is 0.676. The summed E-state index contributed by atoms with van der Waals surface area (Å²) in [6.45, 7) is 0. The molecule has 0 atom stereocenters. The number of hydrogen-bond acceptors (Lipinski definition) is 3. The van der Waals surface area contributed by atoms with Gasteiger partial charge in [-0.15, -0.1) is 0 Å². The summed E-state index contributed by atoms with van der Waals surface area (Å²) in [4.78, 5) is 26.0. The zero-order valence-electron chi connectivity index (χ0n) is 7.34. The van der Waals surface area contributed by atoms with Gasteiger partial charge in [-0.25, -0.2) is 9.78 Å². The maximum absolute atomic E-state index is 11.5. The molecule has 0 saturated carbocycles. The van der Waals surface area contributed by atoms with Crippen molar-refractivity contribution in [1.29, 1.82) is 0 Å². The predicted octanol–water partition coefficient (Wildman–Crippen LogP) is -0.269. The summed E-state index contributed by atoms with van der Waals surface area (Å²) in [6.07, 6.45) is 3.91. The zero-order valence-corrected chi connectivity index (χ0v) is 7.34. The highest BCUT2D eigenvalue weighted by Gasteiger charge is 2.11. The van der Waals surface area contributed by atoms with Gasteiger partial charge in [-0.2, -0.15) is 0 Å². The number of carboxylic acids is 1. The standard InChI is InChI=1S/C8H7N3O3/c1-10-3-6(8(13)14)11-4-9-2-5(11)7(10)12/h2-4H,1H3,(H,13,14). The summed E-state index contributed by atoms with van der Waals surface area (Å²) in [7, 11) is 1.50. The Balaban J connectivity index is 2.99. The van der Waals surface area contributed by atoms with Crippen LogP contribution >= 0.6 is 0 Å². The Morgan fingerprint density at radius 1 is 1.57 bits per heavy atom. The van der Waals surface area contributed by atoms with E-state index in [0.29, 0.717) is 0 Å². The number of carbonyl (C=O) groups is 1. The number of nitrogens with zero attached hydrogens (tertiary/aromatic N) is 3. The summed E-state index contributed by atoms with van der Waals surface area (Å²) < 4.78 is 2.48. The minimum atomic E-state index is -1.09. The minimum Gasteiger partial charge on any atom is -0.477 e. The lowest BCUT2D eigenvalue weighted by Crippen LogP contribution is -2.21. The van der Waals surface area contributed by atoms with E-state index in [1.54, 1.807) is 0 Å². The lowest BCUT2D eigenvalue weighted by molar-refractivity contribution is 0.0687. The third-order valence-corrected chi connectivity index (χ3v) is 1.97. The zero-order chi connectivity index (χ0) is 10.3. The third-order valence-electron chi connectivity index (χ3n) is 1.97. The van der Waals surface area contributed by atoms with E-state index in [-0.39, 0.29) is 16.8 Å². The molecule has 0 unspecified atom stereocenters. The van der Waals surface area contributed by atoms with E-state index in [2.05, 4.69) is 4.98 Å². The van der Waals surface area contributed by atoms with Crippen LogP contribution in [0.4, 0.5) is 0 Å². The molecule has 0 fully saturated rings. The second-order valence-electron chi connectivity index (χ2n) is 2.88. The van der Waals surface area contributed by atoms with E-state index in [1.807, 2.05) is 0 Å². The maximum atomic E-state index is 11.5. The molecule has 0 aliphatic heterocycles. The third kappa shape index (κ3) is 1.00. The van der Waals surface area contributed by atoms with Gasteiger partial charge in [0.05, 0.1) is 6.20 Å². The lowest BCUT2D eigenvalue weighted by Gasteiger charge is -2.02. The van der Waals surface area contributed by atoms with Crippen molar-refractivity contribution in [2.45, 2.75) is 0 Å². The van der Waals surface area contributed by atoms with Crippen molar-refractivity contribution in [3.8, 4) is 0 Å². The van der Waals surface area contributed by atoms with Crippen LogP contribution in [0.1, 0.15) is 10.5 Å². The van der Waals surface area contributed by atoms with E-state index in [0.717, 1.165) is 0 Å². The average molecular weight is 193 g/mol. The smallest absolute Gasteiger partial charge is 0.354 e. The molecule has 72 valence electrons. The summed E-state index contributed by atoms with van der Waals surface area (Å²) in [5, 5.41) is 8.85. The van der Waals surface area contributed by atoms with Gasteiger partial charge in [-0.1, -0.05) is 0 Å². The molecule has 2 rings (SSSR count). The van der Waals surface area contributed by atoms with Crippen molar-refractivity contribution in [3.05, 3.63) is 34.8 Å². The molecular formula is C8H7N3O3. The van der Waals surface area contributed by atoms with Gasteiger partial charge < -0.3 is 9.67 Å². The van der Waals surface area contributed by atoms with Crippen LogP contribution in [0, 0.1) is 0 Å². The largest absolute Gasteiger partial charge is 0.477 e. The van der Waals surface area contributed by atoms with Gasteiger partial charge >= 0.3 is 5.97 Å². The van der Waals surface area contributed by atoms with Crippen LogP contribution in [0.25, 0.3) is 5.52 Å².